The van der Waals surface area contributed by atoms with Crippen LogP contribution in [0.5, 0.6) is 5.75 Å². The zero-order valence-corrected chi connectivity index (χ0v) is 12.0. The molecule has 0 amide bonds. The molecule has 0 spiro atoms. The van der Waals surface area contributed by atoms with Gasteiger partial charge in [-0.2, -0.15) is 0 Å². The summed E-state index contributed by atoms with van der Waals surface area (Å²) in [6.07, 6.45) is 2.55. The van der Waals surface area contributed by atoms with Crippen molar-refractivity contribution in [1.29, 1.82) is 0 Å². The summed E-state index contributed by atoms with van der Waals surface area (Å²) in [5, 5.41) is 7.41. The quantitative estimate of drug-likeness (QED) is 0.719. The van der Waals surface area contributed by atoms with E-state index in [1.165, 1.54) is 12.8 Å². The summed E-state index contributed by atoms with van der Waals surface area (Å²) in [6.45, 7) is 2.24. The number of rotatable bonds is 9. The van der Waals surface area contributed by atoms with Crippen LogP contribution in [0.1, 0.15) is 24.3 Å². The normalized spacial score (nSPS) is 14.3. The third kappa shape index (κ3) is 4.88. The zero-order chi connectivity index (χ0) is 14.3. The number of hydrogen-bond donors (Lipinski definition) is 1. The molecule has 2 aromatic rings. The highest BCUT2D eigenvalue weighted by atomic mass is 16.5. The molecular weight excluding hydrogens is 268 g/mol. The molecule has 1 heterocycles. The molecule has 21 heavy (non-hydrogen) atoms. The van der Waals surface area contributed by atoms with E-state index in [4.69, 9.17) is 14.0 Å². The van der Waals surface area contributed by atoms with Crippen molar-refractivity contribution in [2.75, 3.05) is 13.2 Å². The highest BCUT2D eigenvalue weighted by Gasteiger charge is 2.20. The Labute approximate surface area is 124 Å². The molecule has 3 rings (SSSR count). The molecule has 0 bridgehead atoms. The SMILES string of the molecule is c1ccc(OCCOCc2cc(CNC3CC3)no2)cc1. The number of nitrogens with zero attached hydrogens (tertiary/aromatic N) is 1. The molecule has 0 aliphatic heterocycles. The molecule has 0 saturated heterocycles. The van der Waals surface area contributed by atoms with Crippen LogP contribution in [0.3, 0.4) is 0 Å². The van der Waals surface area contributed by atoms with Gasteiger partial charge in [0, 0.05) is 18.7 Å². The molecule has 0 atom stereocenters. The molecule has 1 fully saturated rings. The van der Waals surface area contributed by atoms with Crippen LogP contribution in [0.2, 0.25) is 0 Å². The fraction of sp³-hybridized carbons (Fsp3) is 0.438. The Morgan fingerprint density at radius 2 is 2.05 bits per heavy atom. The fourth-order valence-corrected chi connectivity index (χ4v) is 1.95. The summed E-state index contributed by atoms with van der Waals surface area (Å²) in [4.78, 5) is 0. The largest absolute Gasteiger partial charge is 0.491 e. The van der Waals surface area contributed by atoms with Crippen LogP contribution in [0.4, 0.5) is 0 Å². The lowest BCUT2D eigenvalue weighted by Gasteiger charge is -2.05. The number of ether oxygens (including phenoxy) is 2. The third-order valence-electron chi connectivity index (χ3n) is 3.24. The maximum absolute atomic E-state index is 5.54. The summed E-state index contributed by atoms with van der Waals surface area (Å²) in [5.74, 6) is 1.61. The topological polar surface area (TPSA) is 56.5 Å². The smallest absolute Gasteiger partial charge is 0.162 e. The Kier molecular flexibility index (Phi) is 4.86. The van der Waals surface area contributed by atoms with Gasteiger partial charge in [0.2, 0.25) is 0 Å². The number of nitrogens with one attached hydrogen (secondary N) is 1. The predicted molar refractivity (Wildman–Crippen MR) is 78.0 cm³/mol. The molecule has 5 heteroatoms. The van der Waals surface area contributed by atoms with E-state index in [2.05, 4.69) is 10.5 Å². The van der Waals surface area contributed by atoms with Crippen LogP contribution in [-0.2, 0) is 17.9 Å². The minimum Gasteiger partial charge on any atom is -0.491 e. The van der Waals surface area contributed by atoms with E-state index >= 15 is 0 Å². The monoisotopic (exact) mass is 288 g/mol. The van der Waals surface area contributed by atoms with Crippen LogP contribution >= 0.6 is 0 Å². The first-order valence-electron chi connectivity index (χ1n) is 7.33. The van der Waals surface area contributed by atoms with E-state index in [1.807, 2.05) is 36.4 Å². The summed E-state index contributed by atoms with van der Waals surface area (Å²) < 4.78 is 16.3. The zero-order valence-electron chi connectivity index (χ0n) is 12.0. The maximum Gasteiger partial charge on any atom is 0.162 e. The van der Waals surface area contributed by atoms with Gasteiger partial charge in [-0.05, 0) is 25.0 Å². The van der Waals surface area contributed by atoms with E-state index in [9.17, 15) is 0 Å². The lowest BCUT2D eigenvalue weighted by molar-refractivity contribution is 0.0746. The average molecular weight is 288 g/mol. The van der Waals surface area contributed by atoms with Crippen LogP contribution in [0.25, 0.3) is 0 Å². The maximum atomic E-state index is 5.54. The first kappa shape index (κ1) is 14.1. The first-order valence-corrected chi connectivity index (χ1v) is 7.33. The lowest BCUT2D eigenvalue weighted by Crippen LogP contribution is -2.15. The molecule has 1 aliphatic carbocycles. The van der Waals surface area contributed by atoms with Gasteiger partial charge < -0.3 is 19.3 Å². The van der Waals surface area contributed by atoms with E-state index in [0.29, 0.717) is 25.9 Å². The van der Waals surface area contributed by atoms with Crippen LogP contribution < -0.4 is 10.1 Å². The number of aromatic nitrogens is 1. The molecule has 112 valence electrons. The average Bonchev–Trinajstić information content (AvgIpc) is 3.25. The minimum atomic E-state index is 0.425. The van der Waals surface area contributed by atoms with Crippen molar-refractivity contribution in [3.8, 4) is 5.75 Å². The molecule has 1 aromatic carbocycles. The second-order valence-electron chi connectivity index (χ2n) is 5.15. The standard InChI is InChI=1S/C16H20N2O3/c1-2-4-15(5-3-1)20-9-8-19-12-16-10-14(18-21-16)11-17-13-6-7-13/h1-5,10,13,17H,6-9,11-12H2. The molecule has 1 aromatic heterocycles. The number of para-hydroxylation sites is 1. The Morgan fingerprint density at radius 3 is 2.86 bits per heavy atom. The van der Waals surface area contributed by atoms with Gasteiger partial charge in [0.15, 0.2) is 5.76 Å². The second kappa shape index (κ2) is 7.24. The van der Waals surface area contributed by atoms with Gasteiger partial charge in [-0.25, -0.2) is 0 Å². The van der Waals surface area contributed by atoms with Crippen LogP contribution in [0.15, 0.2) is 40.9 Å². The van der Waals surface area contributed by atoms with Gasteiger partial charge in [-0.1, -0.05) is 23.4 Å². The van der Waals surface area contributed by atoms with Crippen LogP contribution in [-0.4, -0.2) is 24.4 Å². The van der Waals surface area contributed by atoms with E-state index in [0.717, 1.165) is 23.7 Å². The van der Waals surface area contributed by atoms with E-state index in [-0.39, 0.29) is 0 Å². The Balaban J connectivity index is 1.30. The molecule has 5 nitrogen and oxygen atoms in total. The van der Waals surface area contributed by atoms with Gasteiger partial charge >= 0.3 is 0 Å². The summed E-state index contributed by atoms with van der Waals surface area (Å²) >= 11 is 0. The van der Waals surface area contributed by atoms with Gasteiger partial charge in [-0.3, -0.25) is 0 Å². The van der Waals surface area contributed by atoms with Gasteiger partial charge in [0.25, 0.3) is 0 Å². The highest BCUT2D eigenvalue weighted by molar-refractivity contribution is 5.20. The molecule has 1 N–H and O–H groups in total. The summed E-state index contributed by atoms with van der Waals surface area (Å²) in [6, 6.07) is 12.3. The van der Waals surface area contributed by atoms with E-state index in [1.54, 1.807) is 0 Å². The van der Waals surface area contributed by atoms with Gasteiger partial charge in [0.05, 0.1) is 12.3 Å². The number of hydrogen-bond acceptors (Lipinski definition) is 5. The predicted octanol–water partition coefficient (Wildman–Crippen LogP) is 2.52. The van der Waals surface area contributed by atoms with Crippen molar-refractivity contribution in [2.45, 2.75) is 32.0 Å². The summed E-state index contributed by atoms with van der Waals surface area (Å²) in [5.41, 5.74) is 0.932. The molecule has 1 saturated carbocycles. The molecule has 0 radical (unpaired) electrons. The molecular formula is C16H20N2O3. The summed E-state index contributed by atoms with van der Waals surface area (Å²) in [7, 11) is 0. The highest BCUT2D eigenvalue weighted by Crippen LogP contribution is 2.19. The molecule has 1 aliphatic rings. The molecule has 0 unspecified atom stereocenters. The lowest BCUT2D eigenvalue weighted by atomic mass is 10.3. The van der Waals surface area contributed by atoms with Crippen LogP contribution in [0, 0.1) is 0 Å². The number of benzene rings is 1. The van der Waals surface area contributed by atoms with Gasteiger partial charge in [-0.15, -0.1) is 0 Å². The second-order valence-corrected chi connectivity index (χ2v) is 5.15. The first-order chi connectivity index (χ1) is 10.4. The van der Waals surface area contributed by atoms with Crippen molar-refractivity contribution in [1.82, 2.24) is 10.5 Å². The Bertz CT molecular complexity index is 537. The van der Waals surface area contributed by atoms with Crippen molar-refractivity contribution in [3.63, 3.8) is 0 Å². The fourth-order valence-electron chi connectivity index (χ4n) is 1.95. The minimum absolute atomic E-state index is 0.425. The van der Waals surface area contributed by atoms with Gasteiger partial charge in [0.1, 0.15) is 19.0 Å². The Morgan fingerprint density at radius 1 is 1.19 bits per heavy atom. The van der Waals surface area contributed by atoms with Crippen molar-refractivity contribution in [3.05, 3.63) is 47.9 Å². The van der Waals surface area contributed by atoms with Crippen molar-refractivity contribution < 1.29 is 14.0 Å². The van der Waals surface area contributed by atoms with E-state index < -0.39 is 0 Å². The van der Waals surface area contributed by atoms with Crippen molar-refractivity contribution >= 4 is 0 Å². The van der Waals surface area contributed by atoms with Crippen molar-refractivity contribution in [2.24, 2.45) is 0 Å². The third-order valence-corrected chi connectivity index (χ3v) is 3.24. The Hall–Kier alpha value is -1.85.